The first-order valence-electron chi connectivity index (χ1n) is 6.73. The third kappa shape index (κ3) is 5.51. The summed E-state index contributed by atoms with van der Waals surface area (Å²) in [4.78, 5) is 23.1. The van der Waals surface area contributed by atoms with Gasteiger partial charge in [0.1, 0.15) is 5.75 Å². The zero-order valence-corrected chi connectivity index (χ0v) is 13.0. The van der Waals surface area contributed by atoms with Crippen LogP contribution in [0, 0.1) is 11.6 Å². The highest BCUT2D eigenvalue weighted by Crippen LogP contribution is 2.17. The second-order valence-corrected chi connectivity index (χ2v) is 5.02. The maximum Gasteiger partial charge on any atom is 0.344 e. The van der Waals surface area contributed by atoms with E-state index in [0.29, 0.717) is 10.8 Å². The Hall–Kier alpha value is -2.67. The number of hydrogen-bond acceptors (Lipinski definition) is 4. The van der Waals surface area contributed by atoms with Crippen molar-refractivity contribution in [1.29, 1.82) is 0 Å². The normalized spacial score (nSPS) is 10.1. The van der Waals surface area contributed by atoms with Crippen molar-refractivity contribution >= 4 is 29.2 Å². The van der Waals surface area contributed by atoms with E-state index in [1.165, 1.54) is 12.1 Å². The van der Waals surface area contributed by atoms with Gasteiger partial charge < -0.3 is 14.8 Å². The Labute approximate surface area is 141 Å². The van der Waals surface area contributed by atoms with Crippen molar-refractivity contribution < 1.29 is 27.8 Å². The van der Waals surface area contributed by atoms with Crippen LogP contribution >= 0.6 is 11.6 Å². The number of ether oxygens (including phenoxy) is 2. The summed E-state index contributed by atoms with van der Waals surface area (Å²) < 4.78 is 35.6. The lowest BCUT2D eigenvalue weighted by molar-refractivity contribution is -0.149. The summed E-state index contributed by atoms with van der Waals surface area (Å²) in [7, 11) is 0. The smallest absolute Gasteiger partial charge is 0.344 e. The Bertz CT molecular complexity index is 755. The number of halogens is 3. The average Bonchev–Trinajstić information content (AvgIpc) is 2.54. The van der Waals surface area contributed by atoms with Gasteiger partial charge in [-0.2, -0.15) is 0 Å². The molecule has 0 radical (unpaired) electrons. The van der Waals surface area contributed by atoms with Crippen LogP contribution < -0.4 is 10.1 Å². The van der Waals surface area contributed by atoms with E-state index in [2.05, 4.69) is 5.32 Å². The Balaban J connectivity index is 1.74. The van der Waals surface area contributed by atoms with Gasteiger partial charge in [0, 0.05) is 16.8 Å². The van der Waals surface area contributed by atoms with Crippen molar-refractivity contribution in [3.8, 4) is 5.75 Å². The SMILES string of the molecule is O=C(COC(=O)COc1cccc(Cl)c1)Nc1ccc(F)c(F)c1. The third-order valence-electron chi connectivity index (χ3n) is 2.72. The summed E-state index contributed by atoms with van der Waals surface area (Å²) in [6.45, 7) is -0.991. The molecule has 0 aliphatic heterocycles. The largest absolute Gasteiger partial charge is 0.482 e. The van der Waals surface area contributed by atoms with Crippen molar-refractivity contribution in [2.24, 2.45) is 0 Å². The lowest BCUT2D eigenvalue weighted by Gasteiger charge is -2.08. The van der Waals surface area contributed by atoms with Gasteiger partial charge in [-0.3, -0.25) is 4.79 Å². The van der Waals surface area contributed by atoms with E-state index in [0.717, 1.165) is 12.1 Å². The number of carbonyl (C=O) groups excluding carboxylic acids is 2. The van der Waals surface area contributed by atoms with Crippen molar-refractivity contribution in [2.75, 3.05) is 18.5 Å². The zero-order chi connectivity index (χ0) is 17.5. The minimum atomic E-state index is -1.10. The first-order valence-corrected chi connectivity index (χ1v) is 7.11. The molecule has 1 amide bonds. The number of amides is 1. The summed E-state index contributed by atoms with van der Waals surface area (Å²) in [6.07, 6.45) is 0. The Morgan fingerprint density at radius 2 is 1.83 bits per heavy atom. The highest BCUT2D eigenvalue weighted by molar-refractivity contribution is 6.30. The molecule has 126 valence electrons. The van der Waals surface area contributed by atoms with Crippen LogP contribution in [-0.2, 0) is 14.3 Å². The summed E-state index contributed by atoms with van der Waals surface area (Å²) in [5.41, 5.74) is 0.0464. The minimum absolute atomic E-state index is 0.0464. The first kappa shape index (κ1) is 17.7. The van der Waals surface area contributed by atoms with Crippen LogP contribution in [0.15, 0.2) is 42.5 Å². The van der Waals surface area contributed by atoms with Gasteiger partial charge >= 0.3 is 5.97 Å². The maximum absolute atomic E-state index is 13.0. The van der Waals surface area contributed by atoms with Gasteiger partial charge in [0.05, 0.1) is 0 Å². The Kier molecular flexibility index (Phi) is 6.08. The van der Waals surface area contributed by atoms with Gasteiger partial charge in [-0.25, -0.2) is 13.6 Å². The quantitative estimate of drug-likeness (QED) is 0.808. The molecule has 24 heavy (non-hydrogen) atoms. The van der Waals surface area contributed by atoms with E-state index in [-0.39, 0.29) is 5.69 Å². The van der Waals surface area contributed by atoms with Crippen molar-refractivity contribution in [3.63, 3.8) is 0 Å². The van der Waals surface area contributed by atoms with Crippen LogP contribution in [0.4, 0.5) is 14.5 Å². The zero-order valence-electron chi connectivity index (χ0n) is 12.2. The van der Waals surface area contributed by atoms with Crippen LogP contribution in [-0.4, -0.2) is 25.1 Å². The second kappa shape index (κ2) is 8.26. The molecule has 0 saturated carbocycles. The number of rotatable bonds is 6. The molecule has 2 aromatic carbocycles. The van der Waals surface area contributed by atoms with E-state index >= 15 is 0 Å². The molecule has 2 aromatic rings. The van der Waals surface area contributed by atoms with E-state index in [4.69, 9.17) is 21.1 Å². The molecule has 0 unspecified atom stereocenters. The highest BCUT2D eigenvalue weighted by atomic mass is 35.5. The molecule has 0 aromatic heterocycles. The van der Waals surface area contributed by atoms with Crippen LogP contribution in [0.2, 0.25) is 5.02 Å². The molecule has 5 nitrogen and oxygen atoms in total. The van der Waals surface area contributed by atoms with Gasteiger partial charge in [-0.15, -0.1) is 0 Å². The molecule has 0 aliphatic rings. The lowest BCUT2D eigenvalue weighted by atomic mass is 10.3. The summed E-state index contributed by atoms with van der Waals surface area (Å²) in [5.74, 6) is -3.21. The fourth-order valence-electron chi connectivity index (χ4n) is 1.66. The van der Waals surface area contributed by atoms with Crippen molar-refractivity contribution in [3.05, 3.63) is 59.1 Å². The molecule has 0 bridgehead atoms. The predicted octanol–water partition coefficient (Wildman–Crippen LogP) is 3.18. The molecular formula is C16H12ClF2NO4. The fraction of sp³-hybridized carbons (Fsp3) is 0.125. The minimum Gasteiger partial charge on any atom is -0.482 e. The first-order chi connectivity index (χ1) is 11.4. The summed E-state index contributed by atoms with van der Waals surface area (Å²) in [5, 5.41) is 2.72. The molecule has 0 spiro atoms. The fourth-order valence-corrected chi connectivity index (χ4v) is 1.84. The monoisotopic (exact) mass is 355 g/mol. The molecular weight excluding hydrogens is 344 g/mol. The number of carbonyl (C=O) groups is 2. The van der Waals surface area contributed by atoms with Crippen molar-refractivity contribution in [2.45, 2.75) is 0 Å². The third-order valence-corrected chi connectivity index (χ3v) is 2.96. The summed E-state index contributed by atoms with van der Waals surface area (Å²) in [6, 6.07) is 9.29. The number of hydrogen-bond donors (Lipinski definition) is 1. The molecule has 0 heterocycles. The van der Waals surface area contributed by atoms with Gasteiger partial charge in [-0.05, 0) is 30.3 Å². The van der Waals surface area contributed by atoms with Gasteiger partial charge in [0.25, 0.3) is 5.91 Å². The van der Waals surface area contributed by atoms with E-state index in [1.807, 2.05) is 0 Å². The van der Waals surface area contributed by atoms with Gasteiger partial charge in [0.15, 0.2) is 24.8 Å². The molecule has 2 rings (SSSR count). The van der Waals surface area contributed by atoms with Crippen LogP contribution in [0.5, 0.6) is 5.75 Å². The number of anilines is 1. The number of nitrogens with one attached hydrogen (secondary N) is 1. The molecule has 8 heteroatoms. The molecule has 0 aliphatic carbocycles. The van der Waals surface area contributed by atoms with Crippen LogP contribution in [0.25, 0.3) is 0 Å². The van der Waals surface area contributed by atoms with E-state index < -0.39 is 36.7 Å². The summed E-state index contributed by atoms with van der Waals surface area (Å²) >= 11 is 5.76. The number of benzene rings is 2. The van der Waals surface area contributed by atoms with Crippen LogP contribution in [0.3, 0.4) is 0 Å². The highest BCUT2D eigenvalue weighted by Gasteiger charge is 2.10. The Morgan fingerprint density at radius 3 is 2.54 bits per heavy atom. The molecule has 0 atom stereocenters. The Morgan fingerprint density at radius 1 is 1.04 bits per heavy atom. The van der Waals surface area contributed by atoms with E-state index in [9.17, 15) is 18.4 Å². The topological polar surface area (TPSA) is 64.6 Å². The number of esters is 1. The molecule has 0 fully saturated rings. The molecule has 1 N–H and O–H groups in total. The van der Waals surface area contributed by atoms with Gasteiger partial charge in [-0.1, -0.05) is 17.7 Å². The van der Waals surface area contributed by atoms with Gasteiger partial charge in [0.2, 0.25) is 0 Å². The predicted molar refractivity (Wildman–Crippen MR) is 82.9 cm³/mol. The molecule has 0 saturated heterocycles. The van der Waals surface area contributed by atoms with E-state index in [1.54, 1.807) is 18.2 Å². The van der Waals surface area contributed by atoms with Crippen molar-refractivity contribution in [1.82, 2.24) is 0 Å². The second-order valence-electron chi connectivity index (χ2n) is 4.58. The average molecular weight is 356 g/mol. The lowest BCUT2D eigenvalue weighted by Crippen LogP contribution is -2.23. The maximum atomic E-state index is 13.0. The van der Waals surface area contributed by atoms with Crippen LogP contribution in [0.1, 0.15) is 0 Å². The standard InChI is InChI=1S/C16H12ClF2NO4/c17-10-2-1-3-12(6-10)23-9-16(22)24-8-15(21)20-11-4-5-13(18)14(19)7-11/h1-7H,8-9H2,(H,20,21).